The Morgan fingerprint density at radius 1 is 1.27 bits per heavy atom. The van der Waals surface area contributed by atoms with Gasteiger partial charge in [-0.1, -0.05) is 0 Å². The van der Waals surface area contributed by atoms with E-state index in [4.69, 9.17) is 10.5 Å². The molecule has 0 fully saturated rings. The van der Waals surface area contributed by atoms with Gasteiger partial charge < -0.3 is 10.5 Å². The van der Waals surface area contributed by atoms with Crippen molar-refractivity contribution in [2.24, 2.45) is 0 Å². The van der Waals surface area contributed by atoms with E-state index >= 15 is 0 Å². The van der Waals surface area contributed by atoms with Crippen LogP contribution in [0.3, 0.4) is 0 Å². The minimum Gasteiger partial charge on any atom is -0.487 e. The van der Waals surface area contributed by atoms with E-state index in [-0.39, 0.29) is 18.0 Å². The van der Waals surface area contributed by atoms with Crippen LogP contribution in [0.25, 0.3) is 0 Å². The third-order valence-corrected chi connectivity index (χ3v) is 2.95. The van der Waals surface area contributed by atoms with Crippen LogP contribution in [-0.2, 0) is 6.42 Å². The Bertz CT molecular complexity index is 399. The number of nitrogen functional groups attached to an aromatic ring is 1. The van der Waals surface area contributed by atoms with Crippen LogP contribution in [-0.4, -0.2) is 5.60 Å². The van der Waals surface area contributed by atoms with Crippen molar-refractivity contribution in [1.82, 2.24) is 0 Å². The number of nitrogens with two attached hydrogens (primary N) is 1. The summed E-state index contributed by atoms with van der Waals surface area (Å²) in [5.41, 5.74) is 10.3. The Morgan fingerprint density at radius 2 is 1.87 bits per heavy atom. The van der Waals surface area contributed by atoms with Gasteiger partial charge in [-0.05, 0) is 44.9 Å². The lowest BCUT2D eigenvalue weighted by molar-refractivity contribution is 0.137. The lowest BCUT2D eigenvalue weighted by atomic mass is 9.98. The summed E-state index contributed by atoms with van der Waals surface area (Å²) in [6, 6.07) is 2.05. The topological polar surface area (TPSA) is 35.2 Å². The predicted molar refractivity (Wildman–Crippen MR) is 66.0 cm³/mol. The summed E-state index contributed by atoms with van der Waals surface area (Å²) < 4.78 is 5.91. The molecule has 0 saturated carbocycles. The number of benzene rings is 1. The van der Waals surface area contributed by atoms with Gasteiger partial charge in [0.25, 0.3) is 0 Å². The third-order valence-electron chi connectivity index (χ3n) is 2.95. The largest absolute Gasteiger partial charge is 0.487 e. The van der Waals surface area contributed by atoms with Crippen LogP contribution >= 0.6 is 12.4 Å². The van der Waals surface area contributed by atoms with Gasteiger partial charge in [0.15, 0.2) is 0 Å². The summed E-state index contributed by atoms with van der Waals surface area (Å²) in [6.45, 7) is 8.33. The highest BCUT2D eigenvalue weighted by atomic mass is 35.5. The maximum Gasteiger partial charge on any atom is 0.126 e. The predicted octanol–water partition coefficient (Wildman–Crippen LogP) is 3.02. The number of rotatable bonds is 0. The van der Waals surface area contributed by atoms with E-state index in [9.17, 15) is 0 Å². The highest BCUT2D eigenvalue weighted by Crippen LogP contribution is 2.40. The Hall–Kier alpha value is -0.890. The van der Waals surface area contributed by atoms with Crippen molar-refractivity contribution in [2.75, 3.05) is 5.73 Å². The molecule has 2 N–H and O–H groups in total. The average molecular weight is 228 g/mol. The fourth-order valence-electron chi connectivity index (χ4n) is 2.03. The van der Waals surface area contributed by atoms with Gasteiger partial charge in [-0.25, -0.2) is 0 Å². The van der Waals surface area contributed by atoms with Crippen molar-refractivity contribution in [2.45, 2.75) is 39.7 Å². The molecule has 15 heavy (non-hydrogen) atoms. The molecule has 0 aromatic heterocycles. The van der Waals surface area contributed by atoms with Crippen LogP contribution in [0, 0.1) is 13.8 Å². The SMILES string of the molecule is Cc1c(N)cc2c(c1C)OC(C)(C)C2.Cl. The molecule has 0 amide bonds. The van der Waals surface area contributed by atoms with Crippen molar-refractivity contribution in [3.8, 4) is 5.75 Å². The molecule has 0 saturated heterocycles. The minimum atomic E-state index is -0.0761. The van der Waals surface area contributed by atoms with Crippen LogP contribution in [0.4, 0.5) is 5.69 Å². The van der Waals surface area contributed by atoms with Gasteiger partial charge in [-0.2, -0.15) is 0 Å². The monoisotopic (exact) mass is 227 g/mol. The Morgan fingerprint density at radius 3 is 2.47 bits per heavy atom. The Balaban J connectivity index is 0.00000112. The van der Waals surface area contributed by atoms with Gasteiger partial charge in [0.1, 0.15) is 11.4 Å². The number of fused-ring (bicyclic) bond motifs is 1. The average Bonchev–Trinajstić information content (AvgIpc) is 2.37. The second-order valence-corrected chi connectivity index (χ2v) is 4.74. The summed E-state index contributed by atoms with van der Waals surface area (Å²) in [6.07, 6.45) is 0.952. The molecular formula is C12H18ClNO. The Labute approximate surface area is 97.2 Å². The number of halogens is 1. The zero-order valence-electron chi connectivity index (χ0n) is 9.68. The van der Waals surface area contributed by atoms with E-state index in [0.717, 1.165) is 23.4 Å². The van der Waals surface area contributed by atoms with E-state index in [0.29, 0.717) is 0 Å². The second kappa shape index (κ2) is 3.60. The molecule has 0 unspecified atom stereocenters. The van der Waals surface area contributed by atoms with E-state index in [2.05, 4.69) is 20.8 Å². The summed E-state index contributed by atoms with van der Waals surface area (Å²) in [5, 5.41) is 0. The molecule has 0 bridgehead atoms. The fraction of sp³-hybridized carbons (Fsp3) is 0.500. The molecule has 0 atom stereocenters. The van der Waals surface area contributed by atoms with Gasteiger partial charge in [-0.3, -0.25) is 0 Å². The first-order valence-corrected chi connectivity index (χ1v) is 4.98. The van der Waals surface area contributed by atoms with Crippen molar-refractivity contribution in [1.29, 1.82) is 0 Å². The quantitative estimate of drug-likeness (QED) is 0.692. The lowest BCUT2D eigenvalue weighted by Gasteiger charge is -2.18. The lowest BCUT2D eigenvalue weighted by Crippen LogP contribution is -2.24. The summed E-state index contributed by atoms with van der Waals surface area (Å²) in [4.78, 5) is 0. The second-order valence-electron chi connectivity index (χ2n) is 4.74. The van der Waals surface area contributed by atoms with Gasteiger partial charge in [0.2, 0.25) is 0 Å². The maximum absolute atomic E-state index is 5.93. The van der Waals surface area contributed by atoms with E-state index in [1.807, 2.05) is 13.0 Å². The first-order valence-electron chi connectivity index (χ1n) is 4.98. The summed E-state index contributed by atoms with van der Waals surface area (Å²) in [7, 11) is 0. The molecular weight excluding hydrogens is 210 g/mol. The summed E-state index contributed by atoms with van der Waals surface area (Å²) >= 11 is 0. The molecule has 84 valence electrons. The van der Waals surface area contributed by atoms with Crippen LogP contribution in [0.1, 0.15) is 30.5 Å². The van der Waals surface area contributed by atoms with Crippen LogP contribution in [0.2, 0.25) is 0 Å². The molecule has 2 rings (SSSR count). The maximum atomic E-state index is 5.93. The fourth-order valence-corrected chi connectivity index (χ4v) is 2.03. The van der Waals surface area contributed by atoms with Gasteiger partial charge in [-0.15, -0.1) is 12.4 Å². The molecule has 3 heteroatoms. The van der Waals surface area contributed by atoms with Gasteiger partial charge >= 0.3 is 0 Å². The summed E-state index contributed by atoms with van der Waals surface area (Å²) in [5.74, 6) is 1.04. The van der Waals surface area contributed by atoms with Crippen LogP contribution < -0.4 is 10.5 Å². The zero-order valence-corrected chi connectivity index (χ0v) is 10.5. The van der Waals surface area contributed by atoms with E-state index < -0.39 is 0 Å². The molecule has 1 aliphatic heterocycles. The smallest absolute Gasteiger partial charge is 0.126 e. The first-order chi connectivity index (χ1) is 6.41. The molecule has 1 aromatic rings. The van der Waals surface area contributed by atoms with Crippen LogP contribution in [0.15, 0.2) is 6.07 Å². The molecule has 0 spiro atoms. The highest BCUT2D eigenvalue weighted by molar-refractivity contribution is 5.85. The number of ether oxygens (including phenoxy) is 1. The normalized spacial score (nSPS) is 16.5. The molecule has 1 heterocycles. The van der Waals surface area contributed by atoms with E-state index in [1.165, 1.54) is 11.1 Å². The molecule has 0 radical (unpaired) electrons. The van der Waals surface area contributed by atoms with Crippen LogP contribution in [0.5, 0.6) is 5.75 Å². The minimum absolute atomic E-state index is 0. The number of anilines is 1. The van der Waals surface area contributed by atoms with Crippen molar-refractivity contribution < 1.29 is 4.74 Å². The standard InChI is InChI=1S/C12H17NO.ClH/c1-7-8(2)11-9(5-10(7)13)6-12(3,4)14-11;/h5H,6,13H2,1-4H3;1H. The van der Waals surface area contributed by atoms with Crippen molar-refractivity contribution >= 4 is 18.1 Å². The zero-order chi connectivity index (χ0) is 10.5. The number of hydrogen-bond acceptors (Lipinski definition) is 2. The molecule has 0 aliphatic carbocycles. The Kier molecular flexibility index (Phi) is 2.92. The highest BCUT2D eigenvalue weighted by Gasteiger charge is 2.31. The number of hydrogen-bond donors (Lipinski definition) is 1. The third kappa shape index (κ3) is 1.91. The molecule has 2 nitrogen and oxygen atoms in total. The van der Waals surface area contributed by atoms with Crippen molar-refractivity contribution in [3.63, 3.8) is 0 Å². The van der Waals surface area contributed by atoms with E-state index in [1.54, 1.807) is 0 Å². The van der Waals surface area contributed by atoms with Crippen molar-refractivity contribution in [3.05, 3.63) is 22.8 Å². The van der Waals surface area contributed by atoms with Gasteiger partial charge in [0, 0.05) is 17.7 Å². The first kappa shape index (κ1) is 12.2. The molecule has 1 aromatic carbocycles. The van der Waals surface area contributed by atoms with Gasteiger partial charge in [0.05, 0.1) is 0 Å². The molecule has 1 aliphatic rings.